The van der Waals surface area contributed by atoms with Crippen LogP contribution in [0, 0.1) is 0 Å². The smallest absolute Gasteiger partial charge is 0.302 e. The van der Waals surface area contributed by atoms with Crippen LogP contribution < -0.4 is 9.64 Å². The van der Waals surface area contributed by atoms with Gasteiger partial charge in [-0.2, -0.15) is 0 Å². The molecule has 310 valence electrons. The van der Waals surface area contributed by atoms with Gasteiger partial charge in [0.2, 0.25) is 0 Å². The number of aliphatic hydroxyl groups is 1. The number of carbonyl (C=O) groups excluding carboxylic acids is 3. The Kier molecular flexibility index (Phi) is 12.6. The van der Waals surface area contributed by atoms with E-state index in [1.807, 2.05) is 133 Å². The number of aliphatic hydroxyl groups excluding tert-OH is 1. The topological polar surface area (TPSA) is 109 Å². The van der Waals surface area contributed by atoms with Crippen molar-refractivity contribution >= 4 is 34.4 Å². The second kappa shape index (κ2) is 18.9. The summed E-state index contributed by atoms with van der Waals surface area (Å²) in [5.41, 5.74) is 7.34. The zero-order valence-electron chi connectivity index (χ0n) is 34.5. The highest BCUT2D eigenvalue weighted by Gasteiger charge is 2.51. The molecule has 2 heterocycles. The Balaban J connectivity index is 1.30. The second-order valence-electron chi connectivity index (χ2n) is 15.3. The molecule has 9 heteroatoms. The monoisotopic (exact) mass is 821 g/mol. The number of pyridine rings is 1. The van der Waals surface area contributed by atoms with Gasteiger partial charge in [-0.3, -0.25) is 19.3 Å². The van der Waals surface area contributed by atoms with Gasteiger partial charge in [0, 0.05) is 49.4 Å². The van der Waals surface area contributed by atoms with Crippen LogP contribution in [0.4, 0.5) is 5.69 Å². The van der Waals surface area contributed by atoms with E-state index < -0.39 is 30.1 Å². The second-order valence-corrected chi connectivity index (χ2v) is 15.3. The maximum Gasteiger partial charge on any atom is 0.302 e. The van der Waals surface area contributed by atoms with Crippen molar-refractivity contribution < 1.29 is 29.0 Å². The van der Waals surface area contributed by atoms with Crippen molar-refractivity contribution in [3.05, 3.63) is 199 Å². The van der Waals surface area contributed by atoms with E-state index in [9.17, 15) is 9.90 Å². The lowest BCUT2D eigenvalue weighted by Gasteiger charge is -2.39. The van der Waals surface area contributed by atoms with E-state index in [-0.39, 0.29) is 37.8 Å². The summed E-state index contributed by atoms with van der Waals surface area (Å²) in [5, 5.41) is 10.4. The summed E-state index contributed by atoms with van der Waals surface area (Å²) in [4.78, 5) is 51.8. The fourth-order valence-corrected chi connectivity index (χ4v) is 8.26. The van der Waals surface area contributed by atoms with Gasteiger partial charge in [0.25, 0.3) is 11.8 Å². The number of amides is 2. The van der Waals surface area contributed by atoms with E-state index in [4.69, 9.17) is 14.5 Å². The first kappa shape index (κ1) is 41.4. The van der Waals surface area contributed by atoms with Crippen molar-refractivity contribution in [2.24, 2.45) is 0 Å². The molecule has 7 aromatic rings. The van der Waals surface area contributed by atoms with Crippen molar-refractivity contribution in [2.45, 2.75) is 44.5 Å². The molecule has 2 amide bonds. The standard InChI is InChI=1S/C53H47N3O6/c1-3-13-49(62-36(2)58)51-50(45-34-44(61-33-12-32-57)29-31-48(45)56(51)53(60)47-30-28-42-18-10-11-19-46(42)54-47)55(35-37-20-22-40(23-21-37)38-14-6-4-7-15-38)52(59)43-26-24-41(25-27-43)39-16-8-5-9-17-39/h3-11,14-31,34,49-51,57H,1,12-13,32-33,35H2,2H3/t49?,50-,51+/m0/s1. The van der Waals surface area contributed by atoms with Crippen molar-refractivity contribution in [1.82, 2.24) is 9.88 Å². The third kappa shape index (κ3) is 8.89. The van der Waals surface area contributed by atoms with Crippen LogP contribution in [0.25, 0.3) is 33.2 Å². The van der Waals surface area contributed by atoms with E-state index in [0.717, 1.165) is 33.2 Å². The molecule has 0 saturated heterocycles. The highest BCUT2D eigenvalue weighted by atomic mass is 16.5. The van der Waals surface area contributed by atoms with Crippen LogP contribution in [0.1, 0.15) is 57.8 Å². The molecule has 0 bridgehead atoms. The number of hydrogen-bond acceptors (Lipinski definition) is 7. The molecule has 1 aliphatic heterocycles. The molecule has 1 N–H and O–H groups in total. The number of fused-ring (bicyclic) bond motifs is 2. The number of benzene rings is 6. The molecule has 6 aromatic carbocycles. The van der Waals surface area contributed by atoms with Gasteiger partial charge in [-0.05, 0) is 70.3 Å². The van der Waals surface area contributed by atoms with Crippen LogP contribution in [0.3, 0.4) is 0 Å². The highest BCUT2D eigenvalue weighted by Crippen LogP contribution is 2.48. The average Bonchev–Trinajstić information content (AvgIpc) is 3.64. The molecule has 0 saturated carbocycles. The highest BCUT2D eigenvalue weighted by molar-refractivity contribution is 6.08. The maximum absolute atomic E-state index is 15.4. The summed E-state index contributed by atoms with van der Waals surface area (Å²) in [6, 6.07) is 50.4. The number of esters is 1. The molecular weight excluding hydrogens is 775 g/mol. The van der Waals surface area contributed by atoms with Gasteiger partial charge in [-0.25, -0.2) is 4.98 Å². The third-order valence-electron chi connectivity index (χ3n) is 11.2. The lowest BCUT2D eigenvalue weighted by atomic mass is 9.93. The van der Waals surface area contributed by atoms with Gasteiger partial charge in [-0.15, -0.1) is 6.58 Å². The molecular formula is C53H47N3O6. The van der Waals surface area contributed by atoms with Crippen LogP contribution in [0.2, 0.25) is 0 Å². The van der Waals surface area contributed by atoms with Crippen LogP contribution in [0.15, 0.2) is 176 Å². The molecule has 62 heavy (non-hydrogen) atoms. The normalized spacial score (nSPS) is 14.8. The minimum Gasteiger partial charge on any atom is -0.493 e. The number of rotatable bonds is 15. The molecule has 0 fully saturated rings. The number of carbonyl (C=O) groups is 3. The average molecular weight is 822 g/mol. The third-order valence-corrected chi connectivity index (χ3v) is 11.2. The Bertz CT molecular complexity index is 2690. The lowest BCUT2D eigenvalue weighted by molar-refractivity contribution is -0.147. The summed E-state index contributed by atoms with van der Waals surface area (Å²) >= 11 is 0. The number of para-hydroxylation sites is 1. The van der Waals surface area contributed by atoms with E-state index in [1.165, 1.54) is 6.92 Å². The first-order valence-corrected chi connectivity index (χ1v) is 20.8. The van der Waals surface area contributed by atoms with Crippen LogP contribution in [-0.2, 0) is 16.1 Å². The molecule has 1 unspecified atom stereocenters. The Morgan fingerprint density at radius 3 is 2.05 bits per heavy atom. The van der Waals surface area contributed by atoms with Gasteiger partial charge in [0.15, 0.2) is 0 Å². The minimum absolute atomic E-state index is 0.0449. The van der Waals surface area contributed by atoms with Crippen LogP contribution >= 0.6 is 0 Å². The summed E-state index contributed by atoms with van der Waals surface area (Å²) < 4.78 is 12.3. The fourth-order valence-electron chi connectivity index (χ4n) is 8.26. The van der Waals surface area contributed by atoms with Gasteiger partial charge in [-0.1, -0.05) is 127 Å². The Morgan fingerprint density at radius 2 is 1.40 bits per heavy atom. The van der Waals surface area contributed by atoms with Crippen molar-refractivity contribution in [2.75, 3.05) is 18.1 Å². The van der Waals surface area contributed by atoms with Gasteiger partial charge in [0.1, 0.15) is 17.5 Å². The molecule has 1 aromatic heterocycles. The van der Waals surface area contributed by atoms with E-state index in [2.05, 4.69) is 18.7 Å². The number of nitrogens with zero attached hydrogens (tertiary/aromatic N) is 3. The van der Waals surface area contributed by atoms with Crippen LogP contribution in [-0.4, -0.2) is 58.1 Å². The SMILES string of the molecule is C=CCC(OC(C)=O)[C@@H]1[C@@H](N(Cc2ccc(-c3ccccc3)cc2)C(=O)c2ccc(-c3ccccc3)cc2)c2cc(OCCCO)ccc2N1C(=O)c1ccc2ccccc2n1. The molecule has 3 atom stereocenters. The summed E-state index contributed by atoms with van der Waals surface area (Å²) in [7, 11) is 0. The molecule has 0 aliphatic carbocycles. The van der Waals surface area contributed by atoms with E-state index in [0.29, 0.717) is 34.5 Å². The summed E-state index contributed by atoms with van der Waals surface area (Å²) in [5.74, 6) is -0.755. The molecule has 1 aliphatic rings. The summed E-state index contributed by atoms with van der Waals surface area (Å²) in [6.07, 6.45) is 1.33. The van der Waals surface area contributed by atoms with Crippen molar-refractivity contribution in [1.29, 1.82) is 0 Å². The van der Waals surface area contributed by atoms with Crippen molar-refractivity contribution in [3.63, 3.8) is 0 Å². The zero-order valence-corrected chi connectivity index (χ0v) is 34.5. The Morgan fingerprint density at radius 1 is 0.774 bits per heavy atom. The number of ether oxygens (including phenoxy) is 2. The van der Waals surface area contributed by atoms with Crippen molar-refractivity contribution in [3.8, 4) is 28.0 Å². The first-order valence-electron chi connectivity index (χ1n) is 20.8. The fraction of sp³-hybridized carbons (Fsp3) is 0.170. The van der Waals surface area contributed by atoms with E-state index in [1.54, 1.807) is 34.1 Å². The Labute approximate surface area is 361 Å². The largest absolute Gasteiger partial charge is 0.493 e. The lowest BCUT2D eigenvalue weighted by Crippen LogP contribution is -2.52. The maximum atomic E-state index is 15.4. The first-order chi connectivity index (χ1) is 30.3. The van der Waals surface area contributed by atoms with Crippen LogP contribution in [0.5, 0.6) is 5.75 Å². The van der Waals surface area contributed by atoms with Gasteiger partial charge in [0.05, 0.1) is 29.9 Å². The predicted octanol–water partition coefficient (Wildman–Crippen LogP) is 10.3. The molecule has 0 radical (unpaired) electrons. The van der Waals surface area contributed by atoms with E-state index >= 15 is 9.59 Å². The Hall–Kier alpha value is -7.36. The summed E-state index contributed by atoms with van der Waals surface area (Å²) in [6.45, 7) is 5.69. The molecule has 0 spiro atoms. The zero-order chi connectivity index (χ0) is 43.0. The van der Waals surface area contributed by atoms with Gasteiger partial charge < -0.3 is 19.5 Å². The number of anilines is 1. The number of hydrogen-bond donors (Lipinski definition) is 1. The van der Waals surface area contributed by atoms with Gasteiger partial charge >= 0.3 is 5.97 Å². The number of aromatic nitrogens is 1. The minimum atomic E-state index is -0.934. The molecule has 9 nitrogen and oxygen atoms in total. The predicted molar refractivity (Wildman–Crippen MR) is 243 cm³/mol. The molecule has 8 rings (SSSR count). The quantitative estimate of drug-likeness (QED) is 0.0623.